The molecule has 2 aliphatic rings. The molecule has 96 valence electrons. The van der Waals surface area contributed by atoms with Crippen molar-refractivity contribution >= 4 is 5.84 Å². The van der Waals surface area contributed by atoms with Crippen molar-refractivity contribution < 1.29 is 14.4 Å². The number of hydrogen-bond acceptors (Lipinski definition) is 2. The molecule has 0 spiro atoms. The van der Waals surface area contributed by atoms with Crippen LogP contribution >= 0.6 is 0 Å². The fourth-order valence-electron chi connectivity index (χ4n) is 2.61. The molecule has 0 unspecified atom stereocenters. The number of ether oxygens (including phenoxy) is 1. The minimum Gasteiger partial charge on any atom is -0.478 e. The molecule has 17 heavy (non-hydrogen) atoms. The number of aliphatic hydroxyl groups excluding tert-OH is 1. The molecule has 2 rings (SSSR count). The maximum Gasteiger partial charge on any atom is 0.317 e. The topological polar surface area (TPSA) is 35.7 Å². The monoisotopic (exact) mass is 239 g/mol. The number of piperidine rings is 1. The molecule has 2 heterocycles. The van der Waals surface area contributed by atoms with E-state index in [9.17, 15) is 5.11 Å². The second-order valence-corrected chi connectivity index (χ2v) is 4.66. The van der Waals surface area contributed by atoms with E-state index in [0.717, 1.165) is 26.1 Å². The van der Waals surface area contributed by atoms with Crippen LogP contribution in [0.4, 0.5) is 0 Å². The summed E-state index contributed by atoms with van der Waals surface area (Å²) >= 11 is 0. The SMILES string of the molecule is CCO/C(O)=C/N1CCCCC1=[N+]1CCCC1. The van der Waals surface area contributed by atoms with Gasteiger partial charge in [0.2, 0.25) is 0 Å². The van der Waals surface area contributed by atoms with Crippen LogP contribution in [0.25, 0.3) is 0 Å². The largest absolute Gasteiger partial charge is 0.478 e. The van der Waals surface area contributed by atoms with Gasteiger partial charge in [0, 0.05) is 6.42 Å². The Kier molecular flexibility index (Phi) is 4.29. The van der Waals surface area contributed by atoms with Crippen LogP contribution in [0.3, 0.4) is 0 Å². The Morgan fingerprint density at radius 3 is 2.82 bits per heavy atom. The van der Waals surface area contributed by atoms with Gasteiger partial charge in [-0.3, -0.25) is 4.58 Å². The fraction of sp³-hybridized carbons (Fsp3) is 0.769. The van der Waals surface area contributed by atoms with Crippen LogP contribution in [0.15, 0.2) is 12.1 Å². The number of hydrogen-bond donors (Lipinski definition) is 1. The third-order valence-electron chi connectivity index (χ3n) is 3.41. The van der Waals surface area contributed by atoms with Crippen LogP contribution in [-0.4, -0.2) is 46.7 Å². The summed E-state index contributed by atoms with van der Waals surface area (Å²) < 4.78 is 7.55. The van der Waals surface area contributed by atoms with Gasteiger partial charge in [0.15, 0.2) is 6.20 Å². The van der Waals surface area contributed by atoms with Gasteiger partial charge in [-0.05, 0) is 32.6 Å². The number of nitrogens with zero attached hydrogens (tertiary/aromatic N) is 2. The zero-order valence-electron chi connectivity index (χ0n) is 10.7. The second kappa shape index (κ2) is 5.94. The van der Waals surface area contributed by atoms with Crippen LogP contribution in [0, 0.1) is 0 Å². The van der Waals surface area contributed by atoms with E-state index < -0.39 is 0 Å². The van der Waals surface area contributed by atoms with Crippen LogP contribution in [0.1, 0.15) is 39.0 Å². The molecule has 4 heteroatoms. The van der Waals surface area contributed by atoms with Crippen molar-refractivity contribution in [3.63, 3.8) is 0 Å². The zero-order chi connectivity index (χ0) is 12.1. The Hall–Kier alpha value is -1.19. The molecule has 2 aliphatic heterocycles. The lowest BCUT2D eigenvalue weighted by molar-refractivity contribution is -0.512. The molecule has 0 aromatic rings. The van der Waals surface area contributed by atoms with E-state index in [1.165, 1.54) is 31.5 Å². The number of likely N-dealkylation sites (tertiary alicyclic amines) is 1. The predicted octanol–water partition coefficient (Wildman–Crippen LogP) is 2.07. The Morgan fingerprint density at radius 1 is 1.35 bits per heavy atom. The summed E-state index contributed by atoms with van der Waals surface area (Å²) in [7, 11) is 0. The molecule has 0 saturated carbocycles. The van der Waals surface area contributed by atoms with Gasteiger partial charge < -0.3 is 9.84 Å². The van der Waals surface area contributed by atoms with Crippen LogP contribution in [0.2, 0.25) is 0 Å². The second-order valence-electron chi connectivity index (χ2n) is 4.66. The third-order valence-corrected chi connectivity index (χ3v) is 3.41. The first-order chi connectivity index (χ1) is 8.31. The molecule has 1 N–H and O–H groups in total. The highest BCUT2D eigenvalue weighted by molar-refractivity contribution is 5.79. The maximum absolute atomic E-state index is 9.63. The molecule has 0 atom stereocenters. The average molecular weight is 239 g/mol. The standard InChI is InChI=1S/C13H22N2O2/c1-2-17-13(16)11-15-10-4-3-7-12(15)14-8-5-6-9-14/h11H,2-10H2,1H3/p+1/b13-11+. The van der Waals surface area contributed by atoms with Crippen LogP contribution < -0.4 is 0 Å². The molecular weight excluding hydrogens is 216 g/mol. The number of rotatable bonds is 3. The highest BCUT2D eigenvalue weighted by atomic mass is 16.6. The number of amidine groups is 1. The highest BCUT2D eigenvalue weighted by Gasteiger charge is 2.27. The van der Waals surface area contributed by atoms with Crippen LogP contribution in [0.5, 0.6) is 0 Å². The van der Waals surface area contributed by atoms with E-state index in [1.54, 1.807) is 6.20 Å². The Bertz CT molecular complexity index is 315. The zero-order valence-corrected chi connectivity index (χ0v) is 10.7. The minimum atomic E-state index is 0.0334. The van der Waals surface area contributed by atoms with Crippen LogP contribution in [-0.2, 0) is 4.74 Å². The van der Waals surface area contributed by atoms with Gasteiger partial charge in [-0.25, -0.2) is 4.90 Å². The molecule has 0 aliphatic carbocycles. The summed E-state index contributed by atoms with van der Waals surface area (Å²) in [5, 5.41) is 9.63. The normalized spacial score (nSPS) is 22.2. The molecule has 2 saturated heterocycles. The van der Waals surface area contributed by atoms with Gasteiger partial charge in [-0.2, -0.15) is 0 Å². The van der Waals surface area contributed by atoms with E-state index in [-0.39, 0.29) is 5.95 Å². The predicted molar refractivity (Wildman–Crippen MR) is 67.1 cm³/mol. The van der Waals surface area contributed by atoms with E-state index in [2.05, 4.69) is 9.48 Å². The van der Waals surface area contributed by atoms with Gasteiger partial charge >= 0.3 is 5.95 Å². The van der Waals surface area contributed by atoms with Gasteiger partial charge in [0.25, 0.3) is 5.84 Å². The fourth-order valence-corrected chi connectivity index (χ4v) is 2.61. The first-order valence-electron chi connectivity index (χ1n) is 6.72. The first-order valence-corrected chi connectivity index (χ1v) is 6.72. The summed E-state index contributed by atoms with van der Waals surface area (Å²) in [5.74, 6) is 1.39. The lowest BCUT2D eigenvalue weighted by Gasteiger charge is -2.22. The maximum atomic E-state index is 9.63. The minimum absolute atomic E-state index is 0.0334. The van der Waals surface area contributed by atoms with Gasteiger partial charge in [0.1, 0.15) is 0 Å². The smallest absolute Gasteiger partial charge is 0.317 e. The van der Waals surface area contributed by atoms with Crippen molar-refractivity contribution in [2.75, 3.05) is 26.2 Å². The van der Waals surface area contributed by atoms with E-state index in [4.69, 9.17) is 4.74 Å². The van der Waals surface area contributed by atoms with Crippen molar-refractivity contribution in [2.24, 2.45) is 0 Å². The van der Waals surface area contributed by atoms with E-state index in [0.29, 0.717) is 6.61 Å². The number of aliphatic hydroxyl groups is 1. The summed E-state index contributed by atoms with van der Waals surface area (Å²) in [5.41, 5.74) is 0. The molecule has 0 bridgehead atoms. The molecular formula is C13H23N2O2+. The van der Waals surface area contributed by atoms with Gasteiger partial charge in [-0.15, -0.1) is 0 Å². The van der Waals surface area contributed by atoms with Crippen molar-refractivity contribution in [3.8, 4) is 0 Å². The van der Waals surface area contributed by atoms with E-state index in [1.807, 2.05) is 6.92 Å². The van der Waals surface area contributed by atoms with Gasteiger partial charge in [-0.1, -0.05) is 0 Å². The first kappa shape index (κ1) is 12.3. The lowest BCUT2D eigenvalue weighted by Crippen LogP contribution is -2.38. The highest BCUT2D eigenvalue weighted by Crippen LogP contribution is 2.16. The van der Waals surface area contributed by atoms with Crippen molar-refractivity contribution in [1.29, 1.82) is 0 Å². The van der Waals surface area contributed by atoms with Crippen molar-refractivity contribution in [1.82, 2.24) is 4.90 Å². The molecule has 4 nitrogen and oxygen atoms in total. The quantitative estimate of drug-likeness (QED) is 0.605. The Labute approximate surface area is 103 Å². The molecule has 0 aromatic heterocycles. The van der Waals surface area contributed by atoms with Crippen molar-refractivity contribution in [2.45, 2.75) is 39.0 Å². The Balaban J connectivity index is 2.12. The van der Waals surface area contributed by atoms with Crippen molar-refractivity contribution in [3.05, 3.63) is 12.1 Å². The third kappa shape index (κ3) is 3.14. The average Bonchev–Trinajstić information content (AvgIpc) is 2.83. The lowest BCUT2D eigenvalue weighted by atomic mass is 10.1. The van der Waals surface area contributed by atoms with Gasteiger partial charge in [0.05, 0.1) is 26.2 Å². The summed E-state index contributed by atoms with van der Waals surface area (Å²) in [6.07, 6.45) is 7.89. The molecule has 0 amide bonds. The molecule has 0 aromatic carbocycles. The molecule has 0 radical (unpaired) electrons. The Morgan fingerprint density at radius 2 is 2.12 bits per heavy atom. The molecule has 2 fully saturated rings. The van der Waals surface area contributed by atoms with E-state index >= 15 is 0 Å². The summed E-state index contributed by atoms with van der Waals surface area (Å²) in [6.45, 7) is 5.70. The summed E-state index contributed by atoms with van der Waals surface area (Å²) in [4.78, 5) is 2.17. The summed E-state index contributed by atoms with van der Waals surface area (Å²) in [6, 6.07) is 0.